The van der Waals surface area contributed by atoms with E-state index in [2.05, 4.69) is 0 Å². The van der Waals surface area contributed by atoms with Gasteiger partial charge in [0.05, 0.1) is 12.0 Å². The van der Waals surface area contributed by atoms with Crippen LogP contribution in [0.2, 0.25) is 0 Å². The van der Waals surface area contributed by atoms with Crippen LogP contribution < -0.4 is 4.74 Å². The molecule has 94 valence electrons. The van der Waals surface area contributed by atoms with Gasteiger partial charge in [0.2, 0.25) is 5.75 Å². The number of hydrogen-bond donors (Lipinski definition) is 2. The SMILES string of the molecule is COc1c([N+](=O)[O-])ccc(C(O)C(=O)O)c1C#N. The van der Waals surface area contributed by atoms with E-state index in [1.165, 1.54) is 0 Å². The van der Waals surface area contributed by atoms with E-state index in [4.69, 9.17) is 15.1 Å². The average molecular weight is 252 g/mol. The molecule has 0 bridgehead atoms. The summed E-state index contributed by atoms with van der Waals surface area (Å²) in [5.41, 5.74) is -1.11. The Morgan fingerprint density at radius 1 is 1.61 bits per heavy atom. The number of nitriles is 1. The standard InChI is InChI=1S/C10H8N2O6/c1-18-9-6(4-11)5(8(13)10(14)15)2-3-7(9)12(16)17/h2-3,8,13H,1H3,(H,14,15). The predicted molar refractivity (Wildman–Crippen MR) is 57.0 cm³/mol. The number of rotatable bonds is 4. The van der Waals surface area contributed by atoms with E-state index in [-0.39, 0.29) is 16.9 Å². The number of carboxylic acid groups (broad SMARTS) is 1. The average Bonchev–Trinajstić information content (AvgIpc) is 2.35. The fourth-order valence-electron chi connectivity index (χ4n) is 1.41. The zero-order chi connectivity index (χ0) is 13.9. The summed E-state index contributed by atoms with van der Waals surface area (Å²) in [5, 5.41) is 37.7. The smallest absolute Gasteiger partial charge is 0.337 e. The molecular formula is C10H8N2O6. The van der Waals surface area contributed by atoms with Crippen molar-refractivity contribution in [3.8, 4) is 11.8 Å². The van der Waals surface area contributed by atoms with Crippen LogP contribution in [-0.2, 0) is 4.79 Å². The second kappa shape index (κ2) is 5.11. The zero-order valence-electron chi connectivity index (χ0n) is 9.15. The maximum atomic E-state index is 10.7. The Kier molecular flexibility index (Phi) is 3.81. The summed E-state index contributed by atoms with van der Waals surface area (Å²) in [4.78, 5) is 20.6. The van der Waals surface area contributed by atoms with E-state index >= 15 is 0 Å². The van der Waals surface area contributed by atoms with Crippen LogP contribution in [0, 0.1) is 21.4 Å². The number of aliphatic hydroxyl groups is 1. The number of aliphatic carboxylic acids is 1. The molecule has 0 aliphatic carbocycles. The number of methoxy groups -OCH3 is 1. The van der Waals surface area contributed by atoms with Gasteiger partial charge in [-0.15, -0.1) is 0 Å². The molecule has 0 saturated carbocycles. The van der Waals surface area contributed by atoms with E-state index in [0.717, 1.165) is 19.2 Å². The van der Waals surface area contributed by atoms with Crippen molar-refractivity contribution >= 4 is 11.7 Å². The van der Waals surface area contributed by atoms with Crippen molar-refractivity contribution in [3.05, 3.63) is 33.4 Å². The maximum Gasteiger partial charge on any atom is 0.337 e. The molecule has 0 aromatic heterocycles. The third kappa shape index (κ3) is 2.21. The van der Waals surface area contributed by atoms with E-state index < -0.39 is 22.7 Å². The predicted octanol–water partition coefficient (Wildman–Crippen LogP) is 0.593. The third-order valence-electron chi connectivity index (χ3n) is 2.21. The Balaban J connectivity index is 3.55. The van der Waals surface area contributed by atoms with Gasteiger partial charge in [0.1, 0.15) is 11.6 Å². The molecule has 0 saturated heterocycles. The lowest BCUT2D eigenvalue weighted by Crippen LogP contribution is -2.13. The Morgan fingerprint density at radius 2 is 2.22 bits per heavy atom. The molecule has 0 aliphatic heterocycles. The van der Waals surface area contributed by atoms with E-state index in [1.807, 2.05) is 0 Å². The second-order valence-electron chi connectivity index (χ2n) is 3.19. The number of ether oxygens (including phenoxy) is 1. The second-order valence-corrected chi connectivity index (χ2v) is 3.19. The molecule has 1 unspecified atom stereocenters. The fourth-order valence-corrected chi connectivity index (χ4v) is 1.41. The minimum atomic E-state index is -1.95. The summed E-state index contributed by atoms with van der Waals surface area (Å²) < 4.78 is 4.73. The van der Waals surface area contributed by atoms with Crippen LogP contribution in [0.3, 0.4) is 0 Å². The highest BCUT2D eigenvalue weighted by atomic mass is 16.6. The minimum Gasteiger partial charge on any atom is -0.489 e. The van der Waals surface area contributed by atoms with Crippen LogP contribution in [0.15, 0.2) is 12.1 Å². The largest absolute Gasteiger partial charge is 0.489 e. The zero-order valence-corrected chi connectivity index (χ0v) is 9.15. The topological polar surface area (TPSA) is 134 Å². The number of benzene rings is 1. The van der Waals surface area contributed by atoms with Gasteiger partial charge in [-0.3, -0.25) is 10.1 Å². The highest BCUT2D eigenvalue weighted by Crippen LogP contribution is 2.35. The van der Waals surface area contributed by atoms with Crippen LogP contribution in [-0.4, -0.2) is 28.2 Å². The first-order chi connectivity index (χ1) is 8.43. The van der Waals surface area contributed by atoms with E-state index in [1.54, 1.807) is 6.07 Å². The number of hydrogen-bond acceptors (Lipinski definition) is 6. The van der Waals surface area contributed by atoms with Gasteiger partial charge in [-0.05, 0) is 6.07 Å². The van der Waals surface area contributed by atoms with Gasteiger partial charge in [0.15, 0.2) is 6.10 Å². The molecule has 0 fully saturated rings. The summed E-state index contributed by atoms with van der Waals surface area (Å²) in [7, 11) is 1.11. The molecule has 8 heteroatoms. The molecule has 1 aromatic carbocycles. The Hall–Kier alpha value is -2.66. The number of carboxylic acids is 1. The summed E-state index contributed by atoms with van der Waals surface area (Å²) in [6.07, 6.45) is -1.95. The first-order valence-electron chi connectivity index (χ1n) is 4.60. The summed E-state index contributed by atoms with van der Waals surface area (Å²) in [5.74, 6) is -1.94. The van der Waals surface area contributed by atoms with Crippen molar-refractivity contribution in [2.24, 2.45) is 0 Å². The molecule has 18 heavy (non-hydrogen) atoms. The number of nitrogens with zero attached hydrogens (tertiary/aromatic N) is 2. The van der Waals surface area contributed by atoms with Gasteiger partial charge in [-0.1, -0.05) is 0 Å². The lowest BCUT2D eigenvalue weighted by Gasteiger charge is -2.11. The fraction of sp³-hybridized carbons (Fsp3) is 0.200. The monoisotopic (exact) mass is 252 g/mol. The summed E-state index contributed by atoms with van der Waals surface area (Å²) in [6.45, 7) is 0. The molecule has 0 radical (unpaired) electrons. The van der Waals surface area contributed by atoms with Crippen LogP contribution in [0.1, 0.15) is 17.2 Å². The molecule has 0 aliphatic rings. The Bertz CT molecular complexity index is 548. The summed E-state index contributed by atoms with van der Waals surface area (Å²) >= 11 is 0. The molecule has 1 rings (SSSR count). The first-order valence-corrected chi connectivity index (χ1v) is 4.60. The number of carbonyl (C=O) groups is 1. The quantitative estimate of drug-likeness (QED) is 0.591. The van der Waals surface area contributed by atoms with Crippen molar-refractivity contribution < 1.29 is 24.7 Å². The van der Waals surface area contributed by atoms with Crippen molar-refractivity contribution in [1.82, 2.24) is 0 Å². The molecule has 0 amide bonds. The highest BCUT2D eigenvalue weighted by molar-refractivity contribution is 5.76. The molecule has 0 spiro atoms. The van der Waals surface area contributed by atoms with Gasteiger partial charge in [0, 0.05) is 11.6 Å². The van der Waals surface area contributed by atoms with Crippen LogP contribution in [0.4, 0.5) is 5.69 Å². The molecule has 8 nitrogen and oxygen atoms in total. The number of aliphatic hydroxyl groups excluding tert-OH is 1. The Labute approximate surface area is 101 Å². The van der Waals surface area contributed by atoms with Gasteiger partial charge >= 0.3 is 11.7 Å². The normalized spacial score (nSPS) is 11.4. The van der Waals surface area contributed by atoms with Crippen LogP contribution in [0.5, 0.6) is 5.75 Å². The van der Waals surface area contributed by atoms with Crippen molar-refractivity contribution in [2.45, 2.75) is 6.10 Å². The van der Waals surface area contributed by atoms with Gasteiger partial charge < -0.3 is 14.9 Å². The molecular weight excluding hydrogens is 244 g/mol. The number of nitro groups is 1. The van der Waals surface area contributed by atoms with Gasteiger partial charge in [0.25, 0.3) is 0 Å². The van der Waals surface area contributed by atoms with E-state index in [0.29, 0.717) is 0 Å². The first kappa shape index (κ1) is 13.4. The molecule has 0 heterocycles. The van der Waals surface area contributed by atoms with Gasteiger partial charge in [-0.25, -0.2) is 4.79 Å². The minimum absolute atomic E-state index is 0.257. The third-order valence-corrected chi connectivity index (χ3v) is 2.21. The van der Waals surface area contributed by atoms with Crippen LogP contribution in [0.25, 0.3) is 0 Å². The Morgan fingerprint density at radius 3 is 2.61 bits per heavy atom. The lowest BCUT2D eigenvalue weighted by atomic mass is 10.0. The molecule has 1 aromatic rings. The maximum absolute atomic E-state index is 10.7. The van der Waals surface area contributed by atoms with Crippen molar-refractivity contribution in [2.75, 3.05) is 7.11 Å². The van der Waals surface area contributed by atoms with E-state index in [9.17, 15) is 20.0 Å². The molecule has 2 N–H and O–H groups in total. The number of nitro benzene ring substituents is 1. The van der Waals surface area contributed by atoms with Crippen molar-refractivity contribution in [3.63, 3.8) is 0 Å². The van der Waals surface area contributed by atoms with Gasteiger partial charge in [-0.2, -0.15) is 5.26 Å². The van der Waals surface area contributed by atoms with Crippen LogP contribution >= 0.6 is 0 Å². The highest BCUT2D eigenvalue weighted by Gasteiger charge is 2.27. The molecule has 1 atom stereocenters. The summed E-state index contributed by atoms with van der Waals surface area (Å²) in [6, 6.07) is 3.58. The lowest BCUT2D eigenvalue weighted by molar-refractivity contribution is -0.385. The van der Waals surface area contributed by atoms with Crippen molar-refractivity contribution in [1.29, 1.82) is 5.26 Å².